The molecule has 1 fully saturated rings. The summed E-state index contributed by atoms with van der Waals surface area (Å²) in [5, 5.41) is 3.11. The van der Waals surface area contributed by atoms with E-state index in [1.165, 1.54) is 21.7 Å². The fourth-order valence-electron chi connectivity index (χ4n) is 3.77. The standard InChI is InChI=1S/C26H28N2OS/c1-20-7-13-24(14-8-20)28-17-15-22(16-18-28)26(29)27-23-11-9-21(10-12-23)19-30-25-5-3-2-4-6-25/h2-14,22H,15-19H2,1H3,(H,27,29). The van der Waals surface area contributed by atoms with Gasteiger partial charge in [0.05, 0.1) is 0 Å². The molecule has 1 saturated heterocycles. The Hall–Kier alpha value is -2.72. The molecule has 154 valence electrons. The third kappa shape index (κ3) is 5.45. The summed E-state index contributed by atoms with van der Waals surface area (Å²) in [5.74, 6) is 1.15. The van der Waals surface area contributed by atoms with Crippen molar-refractivity contribution in [2.45, 2.75) is 30.4 Å². The topological polar surface area (TPSA) is 32.3 Å². The quantitative estimate of drug-likeness (QED) is 0.490. The van der Waals surface area contributed by atoms with Crippen molar-refractivity contribution in [1.82, 2.24) is 0 Å². The Balaban J connectivity index is 1.25. The Morgan fingerprint density at radius 3 is 2.27 bits per heavy atom. The first-order chi connectivity index (χ1) is 14.7. The summed E-state index contributed by atoms with van der Waals surface area (Å²) in [7, 11) is 0. The molecule has 30 heavy (non-hydrogen) atoms. The van der Waals surface area contributed by atoms with Gasteiger partial charge < -0.3 is 10.2 Å². The van der Waals surface area contributed by atoms with E-state index in [-0.39, 0.29) is 11.8 Å². The molecule has 1 amide bonds. The molecule has 0 aromatic heterocycles. The molecule has 1 heterocycles. The Kier molecular flexibility index (Phi) is 6.75. The van der Waals surface area contributed by atoms with Gasteiger partial charge in [0, 0.05) is 41.0 Å². The first-order valence-electron chi connectivity index (χ1n) is 10.6. The van der Waals surface area contributed by atoms with E-state index < -0.39 is 0 Å². The second-order valence-corrected chi connectivity index (χ2v) is 8.93. The average Bonchev–Trinajstić information content (AvgIpc) is 2.80. The molecule has 4 heteroatoms. The van der Waals surface area contributed by atoms with E-state index in [1.807, 2.05) is 30.0 Å². The highest BCUT2D eigenvalue weighted by Crippen LogP contribution is 2.26. The van der Waals surface area contributed by atoms with E-state index in [0.29, 0.717) is 0 Å². The van der Waals surface area contributed by atoms with Gasteiger partial charge in [-0.3, -0.25) is 4.79 Å². The molecule has 4 rings (SSSR count). The molecule has 1 aliphatic heterocycles. The van der Waals surface area contributed by atoms with Crippen LogP contribution >= 0.6 is 11.8 Å². The number of thioether (sulfide) groups is 1. The van der Waals surface area contributed by atoms with E-state index in [2.05, 4.69) is 77.8 Å². The number of nitrogens with one attached hydrogen (secondary N) is 1. The minimum Gasteiger partial charge on any atom is -0.371 e. The van der Waals surface area contributed by atoms with E-state index in [4.69, 9.17) is 0 Å². The van der Waals surface area contributed by atoms with Gasteiger partial charge in [0.25, 0.3) is 0 Å². The zero-order valence-electron chi connectivity index (χ0n) is 17.4. The number of hydrogen-bond acceptors (Lipinski definition) is 3. The predicted molar refractivity (Wildman–Crippen MR) is 127 cm³/mol. The van der Waals surface area contributed by atoms with Crippen molar-refractivity contribution in [3.63, 3.8) is 0 Å². The van der Waals surface area contributed by atoms with E-state index in [0.717, 1.165) is 37.4 Å². The molecule has 0 aliphatic carbocycles. The van der Waals surface area contributed by atoms with Crippen molar-refractivity contribution in [2.75, 3.05) is 23.3 Å². The summed E-state index contributed by atoms with van der Waals surface area (Å²) >= 11 is 1.82. The monoisotopic (exact) mass is 416 g/mol. The van der Waals surface area contributed by atoms with Crippen molar-refractivity contribution in [2.24, 2.45) is 5.92 Å². The summed E-state index contributed by atoms with van der Waals surface area (Å²) in [6.45, 7) is 3.96. The van der Waals surface area contributed by atoms with Gasteiger partial charge in [0.2, 0.25) is 5.91 Å². The average molecular weight is 417 g/mol. The molecule has 0 radical (unpaired) electrons. The van der Waals surface area contributed by atoms with Gasteiger partial charge >= 0.3 is 0 Å². The number of aryl methyl sites for hydroxylation is 1. The summed E-state index contributed by atoms with van der Waals surface area (Å²) in [6, 6.07) is 27.3. The first kappa shape index (κ1) is 20.5. The van der Waals surface area contributed by atoms with Gasteiger partial charge in [-0.15, -0.1) is 11.8 Å². The number of anilines is 2. The summed E-state index contributed by atoms with van der Waals surface area (Å²) in [6.07, 6.45) is 1.79. The zero-order valence-corrected chi connectivity index (χ0v) is 18.2. The Bertz CT molecular complexity index is 947. The molecular weight excluding hydrogens is 388 g/mol. The number of benzene rings is 3. The van der Waals surface area contributed by atoms with Crippen LogP contribution in [0.1, 0.15) is 24.0 Å². The summed E-state index contributed by atoms with van der Waals surface area (Å²) in [5.41, 5.74) is 4.67. The number of amides is 1. The summed E-state index contributed by atoms with van der Waals surface area (Å²) in [4.78, 5) is 16.4. The van der Waals surface area contributed by atoms with Gasteiger partial charge in [-0.25, -0.2) is 0 Å². The van der Waals surface area contributed by atoms with Crippen molar-refractivity contribution in [1.29, 1.82) is 0 Å². The largest absolute Gasteiger partial charge is 0.371 e. The lowest BCUT2D eigenvalue weighted by Gasteiger charge is -2.33. The third-order valence-electron chi connectivity index (χ3n) is 5.64. The zero-order chi connectivity index (χ0) is 20.8. The maximum absolute atomic E-state index is 12.7. The Labute approximate surface area is 183 Å². The van der Waals surface area contributed by atoms with E-state index in [9.17, 15) is 4.79 Å². The number of hydrogen-bond donors (Lipinski definition) is 1. The number of piperidine rings is 1. The SMILES string of the molecule is Cc1ccc(N2CCC(C(=O)Nc3ccc(CSc4ccccc4)cc3)CC2)cc1. The summed E-state index contributed by atoms with van der Waals surface area (Å²) < 4.78 is 0. The smallest absolute Gasteiger partial charge is 0.227 e. The highest BCUT2D eigenvalue weighted by atomic mass is 32.2. The second kappa shape index (κ2) is 9.86. The molecule has 1 aliphatic rings. The van der Waals surface area contributed by atoms with Crippen LogP contribution in [0.4, 0.5) is 11.4 Å². The number of carbonyl (C=O) groups excluding carboxylic acids is 1. The number of nitrogens with zero attached hydrogens (tertiary/aromatic N) is 1. The van der Waals surface area contributed by atoms with Crippen molar-refractivity contribution >= 4 is 29.0 Å². The molecule has 1 N–H and O–H groups in total. The van der Waals surface area contributed by atoms with Crippen molar-refractivity contribution < 1.29 is 4.79 Å². The molecule has 3 aromatic carbocycles. The van der Waals surface area contributed by atoms with Crippen LogP contribution in [0.15, 0.2) is 83.8 Å². The van der Waals surface area contributed by atoms with E-state index >= 15 is 0 Å². The van der Waals surface area contributed by atoms with Crippen LogP contribution in [0.5, 0.6) is 0 Å². The molecular formula is C26H28N2OS. The van der Waals surface area contributed by atoms with Crippen molar-refractivity contribution in [3.8, 4) is 0 Å². The molecule has 0 unspecified atom stereocenters. The van der Waals surface area contributed by atoms with Gasteiger partial charge in [-0.1, -0.05) is 48.0 Å². The van der Waals surface area contributed by atoms with E-state index in [1.54, 1.807) is 0 Å². The lowest BCUT2D eigenvalue weighted by atomic mass is 9.95. The molecule has 3 aromatic rings. The Morgan fingerprint density at radius 1 is 0.933 bits per heavy atom. The number of rotatable bonds is 6. The normalized spacial score (nSPS) is 14.5. The highest BCUT2D eigenvalue weighted by Gasteiger charge is 2.25. The molecule has 0 saturated carbocycles. The van der Waals surface area contributed by atoms with Gasteiger partial charge in [-0.05, 0) is 61.7 Å². The maximum Gasteiger partial charge on any atom is 0.227 e. The Morgan fingerprint density at radius 2 is 1.60 bits per heavy atom. The van der Waals surface area contributed by atoms with Crippen LogP contribution in [-0.4, -0.2) is 19.0 Å². The van der Waals surface area contributed by atoms with Crippen LogP contribution in [0, 0.1) is 12.8 Å². The van der Waals surface area contributed by atoms with Gasteiger partial charge in [0.1, 0.15) is 0 Å². The van der Waals surface area contributed by atoms with Crippen LogP contribution in [0.2, 0.25) is 0 Å². The van der Waals surface area contributed by atoms with Crippen LogP contribution in [0.3, 0.4) is 0 Å². The van der Waals surface area contributed by atoms with Gasteiger partial charge in [-0.2, -0.15) is 0 Å². The minimum absolute atomic E-state index is 0.0833. The molecule has 3 nitrogen and oxygen atoms in total. The fraction of sp³-hybridized carbons (Fsp3) is 0.269. The van der Waals surface area contributed by atoms with Crippen LogP contribution in [0.25, 0.3) is 0 Å². The third-order valence-corrected chi connectivity index (χ3v) is 6.72. The maximum atomic E-state index is 12.7. The fourth-order valence-corrected chi connectivity index (χ4v) is 4.64. The first-order valence-corrected chi connectivity index (χ1v) is 11.6. The van der Waals surface area contributed by atoms with Crippen LogP contribution < -0.4 is 10.2 Å². The lowest BCUT2D eigenvalue weighted by Crippen LogP contribution is -2.38. The highest BCUT2D eigenvalue weighted by molar-refractivity contribution is 7.98. The number of carbonyl (C=O) groups is 1. The van der Waals surface area contributed by atoms with Crippen LogP contribution in [-0.2, 0) is 10.5 Å². The molecule has 0 bridgehead atoms. The van der Waals surface area contributed by atoms with Crippen molar-refractivity contribution in [3.05, 3.63) is 90.0 Å². The van der Waals surface area contributed by atoms with Gasteiger partial charge in [0.15, 0.2) is 0 Å². The predicted octanol–water partition coefficient (Wildman–Crippen LogP) is 6.14. The molecule has 0 atom stereocenters. The molecule has 0 spiro atoms. The second-order valence-electron chi connectivity index (χ2n) is 7.88. The minimum atomic E-state index is 0.0833. The lowest BCUT2D eigenvalue weighted by molar-refractivity contribution is -0.120.